The number of carbonyl (C=O) groups excluding carboxylic acids is 2. The van der Waals surface area contributed by atoms with E-state index >= 15 is 0 Å². The van der Waals surface area contributed by atoms with Crippen LogP contribution in [0.4, 0.5) is 4.79 Å². The highest BCUT2D eigenvalue weighted by Gasteiger charge is 2.13. The van der Waals surface area contributed by atoms with Crippen molar-refractivity contribution in [2.45, 2.75) is 78.1 Å². The predicted molar refractivity (Wildman–Crippen MR) is 95.9 cm³/mol. The Kier molecular flexibility index (Phi) is 13.3. The molecule has 0 heterocycles. The zero-order valence-corrected chi connectivity index (χ0v) is 15.1. The first-order valence-electron chi connectivity index (χ1n) is 8.98. The number of amides is 3. The van der Waals surface area contributed by atoms with Gasteiger partial charge in [-0.3, -0.25) is 10.1 Å². The maximum atomic E-state index is 11.6. The van der Waals surface area contributed by atoms with Crippen molar-refractivity contribution < 1.29 is 9.59 Å². The number of hydrogen-bond donors (Lipinski definition) is 3. The number of unbranched alkanes of at least 4 members (excludes halogenated alkanes) is 9. The molecule has 0 spiro atoms. The summed E-state index contributed by atoms with van der Waals surface area (Å²) in [5.74, 6) is -0.766. The molecule has 4 N–H and O–H groups in total. The number of nitrogens with one attached hydrogen (secondary N) is 2. The topological polar surface area (TPSA) is 108 Å². The lowest BCUT2D eigenvalue weighted by molar-refractivity contribution is -0.116. The van der Waals surface area contributed by atoms with Gasteiger partial charge in [-0.2, -0.15) is 5.26 Å². The first kappa shape index (κ1) is 22.0. The molecule has 3 amide bonds. The third-order valence-corrected chi connectivity index (χ3v) is 3.87. The molecule has 0 aliphatic rings. The monoisotopic (exact) mass is 336 g/mol. The number of nitrogens with two attached hydrogens (primary N) is 1. The summed E-state index contributed by atoms with van der Waals surface area (Å²) < 4.78 is 0. The van der Waals surface area contributed by atoms with E-state index in [0.717, 1.165) is 12.8 Å². The molecule has 6 heteroatoms. The Morgan fingerprint density at radius 1 is 0.958 bits per heavy atom. The Hall–Kier alpha value is -2.03. The van der Waals surface area contributed by atoms with Gasteiger partial charge in [-0.05, 0) is 13.3 Å². The standard InChI is InChI=1S/C18H32N4O2/c1-3-4-5-6-7-8-9-10-11-12-13-21-15(2)16(14-19)17(23)22-18(20)24/h21H,3-13H2,1-2H3,(H3,20,22,23,24)/b16-15+. The van der Waals surface area contributed by atoms with Crippen molar-refractivity contribution in [1.29, 1.82) is 5.26 Å². The highest BCUT2D eigenvalue weighted by Crippen LogP contribution is 2.10. The molecular formula is C18H32N4O2. The van der Waals surface area contributed by atoms with E-state index < -0.39 is 11.9 Å². The normalized spacial score (nSPS) is 11.4. The number of nitrogens with zero attached hydrogens (tertiary/aromatic N) is 1. The van der Waals surface area contributed by atoms with Crippen LogP contribution in [0.15, 0.2) is 11.3 Å². The maximum absolute atomic E-state index is 11.6. The van der Waals surface area contributed by atoms with Crippen LogP contribution >= 0.6 is 0 Å². The van der Waals surface area contributed by atoms with Crippen LogP contribution in [0.1, 0.15) is 78.1 Å². The van der Waals surface area contributed by atoms with E-state index in [1.165, 1.54) is 51.4 Å². The van der Waals surface area contributed by atoms with Gasteiger partial charge in [0.15, 0.2) is 0 Å². The Bertz CT molecular complexity index is 452. The van der Waals surface area contributed by atoms with Crippen LogP contribution in [-0.4, -0.2) is 18.5 Å². The summed E-state index contributed by atoms with van der Waals surface area (Å²) >= 11 is 0. The fourth-order valence-corrected chi connectivity index (χ4v) is 2.46. The van der Waals surface area contributed by atoms with Crippen LogP contribution in [0, 0.1) is 11.3 Å². The fraction of sp³-hybridized carbons (Fsp3) is 0.722. The second kappa shape index (κ2) is 14.6. The molecule has 24 heavy (non-hydrogen) atoms. The van der Waals surface area contributed by atoms with E-state index in [4.69, 9.17) is 11.0 Å². The second-order valence-electron chi connectivity index (χ2n) is 6.04. The largest absolute Gasteiger partial charge is 0.387 e. The minimum Gasteiger partial charge on any atom is -0.387 e. The summed E-state index contributed by atoms with van der Waals surface area (Å²) in [6.07, 6.45) is 12.6. The van der Waals surface area contributed by atoms with E-state index in [-0.39, 0.29) is 5.57 Å². The smallest absolute Gasteiger partial charge is 0.319 e. The van der Waals surface area contributed by atoms with Gasteiger partial charge in [0.05, 0.1) is 0 Å². The molecule has 0 aromatic heterocycles. The average molecular weight is 336 g/mol. The number of urea groups is 1. The summed E-state index contributed by atoms with van der Waals surface area (Å²) in [5, 5.41) is 14.0. The molecule has 0 saturated carbocycles. The summed E-state index contributed by atoms with van der Waals surface area (Å²) in [4.78, 5) is 22.2. The first-order chi connectivity index (χ1) is 11.5. The molecular weight excluding hydrogens is 304 g/mol. The molecule has 0 aliphatic heterocycles. The van der Waals surface area contributed by atoms with Gasteiger partial charge in [-0.25, -0.2) is 4.79 Å². The zero-order valence-electron chi connectivity index (χ0n) is 15.1. The molecule has 0 aliphatic carbocycles. The lowest BCUT2D eigenvalue weighted by atomic mass is 10.1. The van der Waals surface area contributed by atoms with Crippen LogP contribution in [-0.2, 0) is 4.79 Å². The van der Waals surface area contributed by atoms with Crippen LogP contribution in [0.5, 0.6) is 0 Å². The van der Waals surface area contributed by atoms with Crippen LogP contribution in [0.25, 0.3) is 0 Å². The predicted octanol–water partition coefficient (Wildman–Crippen LogP) is 3.49. The van der Waals surface area contributed by atoms with E-state index in [1.54, 1.807) is 13.0 Å². The lowest BCUT2D eigenvalue weighted by Gasteiger charge is -2.09. The molecule has 0 bridgehead atoms. The lowest BCUT2D eigenvalue weighted by Crippen LogP contribution is -2.36. The van der Waals surface area contributed by atoms with E-state index in [0.29, 0.717) is 12.2 Å². The summed E-state index contributed by atoms with van der Waals surface area (Å²) in [6.45, 7) is 4.58. The SMILES string of the molecule is CCCCCCCCCCCCN/C(C)=C(\C#N)C(=O)NC(N)=O. The van der Waals surface area contributed by atoms with Gasteiger partial charge in [-0.1, -0.05) is 64.7 Å². The first-order valence-corrected chi connectivity index (χ1v) is 8.98. The second-order valence-corrected chi connectivity index (χ2v) is 6.04. The maximum Gasteiger partial charge on any atom is 0.319 e. The molecule has 0 radical (unpaired) electrons. The highest BCUT2D eigenvalue weighted by atomic mass is 16.2. The van der Waals surface area contributed by atoms with Gasteiger partial charge in [0.2, 0.25) is 0 Å². The van der Waals surface area contributed by atoms with Gasteiger partial charge in [0.1, 0.15) is 11.6 Å². The molecule has 0 fully saturated rings. The van der Waals surface area contributed by atoms with Crippen molar-refractivity contribution in [1.82, 2.24) is 10.6 Å². The highest BCUT2D eigenvalue weighted by molar-refractivity contribution is 6.06. The molecule has 0 atom stereocenters. The molecule has 0 saturated heterocycles. The van der Waals surface area contributed by atoms with Crippen LogP contribution in [0.3, 0.4) is 0 Å². The average Bonchev–Trinajstić information content (AvgIpc) is 2.52. The van der Waals surface area contributed by atoms with Gasteiger partial charge in [0.25, 0.3) is 5.91 Å². The zero-order chi connectivity index (χ0) is 18.2. The minimum atomic E-state index is -0.963. The van der Waals surface area contributed by atoms with Crippen LogP contribution < -0.4 is 16.4 Å². The van der Waals surface area contributed by atoms with Crippen molar-refractivity contribution >= 4 is 11.9 Å². The van der Waals surface area contributed by atoms with Crippen molar-refractivity contribution in [3.05, 3.63) is 11.3 Å². The Morgan fingerprint density at radius 2 is 1.46 bits per heavy atom. The molecule has 0 aromatic rings. The number of carbonyl (C=O) groups is 2. The molecule has 0 rings (SSSR count). The number of rotatable bonds is 13. The number of hydrogen-bond acceptors (Lipinski definition) is 4. The Morgan fingerprint density at radius 3 is 1.92 bits per heavy atom. The van der Waals surface area contributed by atoms with Gasteiger partial charge < -0.3 is 11.1 Å². The third-order valence-electron chi connectivity index (χ3n) is 3.87. The van der Waals surface area contributed by atoms with Crippen molar-refractivity contribution in [3.63, 3.8) is 0 Å². The van der Waals surface area contributed by atoms with Crippen molar-refractivity contribution in [2.75, 3.05) is 6.54 Å². The summed E-state index contributed by atoms with van der Waals surface area (Å²) in [6, 6.07) is 0.831. The fourth-order valence-electron chi connectivity index (χ4n) is 2.46. The quantitative estimate of drug-likeness (QED) is 0.272. The van der Waals surface area contributed by atoms with Crippen molar-refractivity contribution in [2.24, 2.45) is 5.73 Å². The van der Waals surface area contributed by atoms with Gasteiger partial charge >= 0.3 is 6.03 Å². The number of nitriles is 1. The molecule has 6 nitrogen and oxygen atoms in total. The van der Waals surface area contributed by atoms with E-state index in [9.17, 15) is 9.59 Å². The minimum absolute atomic E-state index is 0.110. The number of allylic oxidation sites excluding steroid dienone is 1. The van der Waals surface area contributed by atoms with Gasteiger partial charge in [0, 0.05) is 12.2 Å². The van der Waals surface area contributed by atoms with Crippen LogP contribution in [0.2, 0.25) is 0 Å². The van der Waals surface area contributed by atoms with Gasteiger partial charge in [-0.15, -0.1) is 0 Å². The van der Waals surface area contributed by atoms with E-state index in [1.807, 2.05) is 5.32 Å². The Balaban J connectivity index is 3.78. The summed E-state index contributed by atoms with van der Waals surface area (Å²) in [5.41, 5.74) is 5.23. The summed E-state index contributed by atoms with van der Waals surface area (Å²) in [7, 11) is 0. The molecule has 136 valence electrons. The number of imide groups is 1. The van der Waals surface area contributed by atoms with E-state index in [2.05, 4.69) is 12.2 Å². The number of primary amides is 1. The Labute approximate surface area is 145 Å². The molecule has 0 aromatic carbocycles. The van der Waals surface area contributed by atoms with Crippen molar-refractivity contribution in [3.8, 4) is 6.07 Å². The third kappa shape index (κ3) is 11.5. The molecule has 0 unspecified atom stereocenters.